The van der Waals surface area contributed by atoms with Crippen molar-refractivity contribution in [1.29, 1.82) is 0 Å². The van der Waals surface area contributed by atoms with E-state index in [1.54, 1.807) is 35.2 Å². The number of nitrogens with one attached hydrogen (secondary N) is 1. The van der Waals surface area contributed by atoms with E-state index in [1.807, 2.05) is 24.0 Å². The van der Waals surface area contributed by atoms with Crippen LogP contribution in [0.25, 0.3) is 0 Å². The van der Waals surface area contributed by atoms with E-state index in [1.165, 1.54) is 0 Å². The van der Waals surface area contributed by atoms with Crippen molar-refractivity contribution in [2.24, 2.45) is 0 Å². The van der Waals surface area contributed by atoms with Crippen molar-refractivity contribution < 1.29 is 19.1 Å². The molecule has 7 nitrogen and oxygen atoms in total. The van der Waals surface area contributed by atoms with Crippen molar-refractivity contribution in [2.45, 2.75) is 32.6 Å². The molecule has 162 valence electrons. The lowest BCUT2D eigenvalue weighted by molar-refractivity contribution is -0.118. The van der Waals surface area contributed by atoms with E-state index >= 15 is 0 Å². The molecule has 0 aliphatic carbocycles. The molecule has 0 radical (unpaired) electrons. The van der Waals surface area contributed by atoms with Crippen LogP contribution in [0.5, 0.6) is 5.75 Å². The topological polar surface area (TPSA) is 79.0 Å². The lowest BCUT2D eigenvalue weighted by Crippen LogP contribution is -2.28. The summed E-state index contributed by atoms with van der Waals surface area (Å²) in [7, 11) is 0. The summed E-state index contributed by atoms with van der Waals surface area (Å²) in [6, 6.07) is 12.5. The maximum absolute atomic E-state index is 12.7. The zero-order chi connectivity index (χ0) is 21.8. The van der Waals surface area contributed by atoms with Gasteiger partial charge in [-0.05, 0) is 68.1 Å². The van der Waals surface area contributed by atoms with Gasteiger partial charge in [-0.15, -0.1) is 0 Å². The molecule has 3 amide bonds. The largest absolute Gasteiger partial charge is 0.484 e. The molecule has 2 saturated heterocycles. The molecular weight excluding hydrogens is 394 g/mol. The van der Waals surface area contributed by atoms with Gasteiger partial charge in [-0.25, -0.2) is 0 Å². The van der Waals surface area contributed by atoms with Gasteiger partial charge in [0, 0.05) is 43.0 Å². The van der Waals surface area contributed by atoms with Gasteiger partial charge < -0.3 is 19.9 Å². The van der Waals surface area contributed by atoms with Crippen LogP contribution in [0.2, 0.25) is 0 Å². The van der Waals surface area contributed by atoms with Crippen molar-refractivity contribution >= 4 is 29.1 Å². The molecule has 0 spiro atoms. The average Bonchev–Trinajstić information content (AvgIpc) is 3.46. The Labute approximate surface area is 182 Å². The molecule has 7 heteroatoms. The number of benzene rings is 2. The third kappa shape index (κ3) is 4.71. The summed E-state index contributed by atoms with van der Waals surface area (Å²) in [4.78, 5) is 40.6. The third-order valence-electron chi connectivity index (χ3n) is 5.82. The number of carbonyl (C=O) groups is 3. The SMILES string of the molecule is Cc1c(NC(=O)COc2ccc(N3CCCC3=O)cc2)cccc1C(=O)N1CCCC1. The first-order chi connectivity index (χ1) is 15.0. The van der Waals surface area contributed by atoms with E-state index in [4.69, 9.17) is 4.74 Å². The molecule has 2 aliphatic heterocycles. The molecule has 2 fully saturated rings. The minimum absolute atomic E-state index is 0.0129. The van der Waals surface area contributed by atoms with Gasteiger partial charge in [0.2, 0.25) is 5.91 Å². The Hall–Kier alpha value is -3.35. The van der Waals surface area contributed by atoms with Crippen LogP contribution in [0.3, 0.4) is 0 Å². The van der Waals surface area contributed by atoms with E-state index in [-0.39, 0.29) is 24.3 Å². The zero-order valence-electron chi connectivity index (χ0n) is 17.7. The fourth-order valence-electron chi connectivity index (χ4n) is 4.07. The van der Waals surface area contributed by atoms with Crippen molar-refractivity contribution in [3.05, 3.63) is 53.6 Å². The molecule has 4 rings (SSSR count). The summed E-state index contributed by atoms with van der Waals surface area (Å²) in [5.74, 6) is 0.403. The van der Waals surface area contributed by atoms with Gasteiger partial charge in [-0.3, -0.25) is 14.4 Å². The number of likely N-dealkylation sites (tertiary alicyclic amines) is 1. The van der Waals surface area contributed by atoms with Gasteiger partial charge in [-0.1, -0.05) is 6.07 Å². The number of hydrogen-bond donors (Lipinski definition) is 1. The zero-order valence-corrected chi connectivity index (χ0v) is 17.7. The highest BCUT2D eigenvalue weighted by Gasteiger charge is 2.23. The molecule has 2 heterocycles. The van der Waals surface area contributed by atoms with Crippen LogP contribution in [-0.2, 0) is 9.59 Å². The normalized spacial score (nSPS) is 16.0. The van der Waals surface area contributed by atoms with Crippen LogP contribution < -0.4 is 15.0 Å². The van der Waals surface area contributed by atoms with Crippen LogP contribution in [0.1, 0.15) is 41.6 Å². The quantitative estimate of drug-likeness (QED) is 0.776. The van der Waals surface area contributed by atoms with E-state index in [0.29, 0.717) is 23.4 Å². The molecule has 0 saturated carbocycles. The van der Waals surface area contributed by atoms with Gasteiger partial charge in [0.05, 0.1) is 0 Å². The Morgan fingerprint density at radius 2 is 1.74 bits per heavy atom. The fraction of sp³-hybridized carbons (Fsp3) is 0.375. The maximum atomic E-state index is 12.7. The molecular formula is C24H27N3O4. The smallest absolute Gasteiger partial charge is 0.262 e. The second-order valence-corrected chi connectivity index (χ2v) is 7.96. The number of ether oxygens (including phenoxy) is 1. The minimum atomic E-state index is -0.298. The van der Waals surface area contributed by atoms with Crippen LogP contribution >= 0.6 is 0 Å². The van der Waals surface area contributed by atoms with Crippen molar-refractivity contribution in [1.82, 2.24) is 4.90 Å². The average molecular weight is 421 g/mol. The number of rotatable bonds is 6. The predicted octanol–water partition coefficient (Wildman–Crippen LogP) is 3.38. The number of nitrogens with zero attached hydrogens (tertiary/aromatic N) is 2. The lowest BCUT2D eigenvalue weighted by Gasteiger charge is -2.18. The van der Waals surface area contributed by atoms with E-state index in [0.717, 1.165) is 50.1 Å². The van der Waals surface area contributed by atoms with Gasteiger partial charge in [0.25, 0.3) is 11.8 Å². The lowest BCUT2D eigenvalue weighted by atomic mass is 10.1. The molecule has 2 aromatic carbocycles. The first-order valence-corrected chi connectivity index (χ1v) is 10.7. The second kappa shape index (κ2) is 9.20. The van der Waals surface area contributed by atoms with Crippen LogP contribution in [0.15, 0.2) is 42.5 Å². The molecule has 0 bridgehead atoms. The molecule has 0 unspecified atom stereocenters. The van der Waals surface area contributed by atoms with Crippen LogP contribution in [-0.4, -0.2) is 48.9 Å². The highest BCUT2D eigenvalue weighted by molar-refractivity contribution is 5.99. The Balaban J connectivity index is 1.34. The number of amides is 3. The van der Waals surface area contributed by atoms with E-state index in [9.17, 15) is 14.4 Å². The molecule has 2 aromatic rings. The van der Waals surface area contributed by atoms with Crippen molar-refractivity contribution in [2.75, 3.05) is 36.5 Å². The molecule has 1 N–H and O–H groups in total. The standard InChI is InChI=1S/C24H27N3O4/c1-17-20(24(30)26-13-2-3-14-26)6-4-7-21(17)25-22(28)16-31-19-11-9-18(10-12-19)27-15-5-8-23(27)29/h4,6-7,9-12H,2-3,5,8,13-16H2,1H3,(H,25,28). The Morgan fingerprint density at radius 1 is 1.00 bits per heavy atom. The van der Waals surface area contributed by atoms with Gasteiger partial charge in [-0.2, -0.15) is 0 Å². The Kier molecular flexibility index (Phi) is 6.21. The maximum Gasteiger partial charge on any atom is 0.262 e. The molecule has 0 aromatic heterocycles. The second-order valence-electron chi connectivity index (χ2n) is 7.96. The highest BCUT2D eigenvalue weighted by Crippen LogP contribution is 2.25. The van der Waals surface area contributed by atoms with Gasteiger partial charge in [0.1, 0.15) is 5.75 Å². The first-order valence-electron chi connectivity index (χ1n) is 10.7. The third-order valence-corrected chi connectivity index (χ3v) is 5.82. The van der Waals surface area contributed by atoms with Crippen molar-refractivity contribution in [3.63, 3.8) is 0 Å². The summed E-state index contributed by atoms with van der Waals surface area (Å²) in [6.45, 7) is 4.00. The predicted molar refractivity (Wildman–Crippen MR) is 118 cm³/mol. The van der Waals surface area contributed by atoms with E-state index in [2.05, 4.69) is 5.32 Å². The van der Waals surface area contributed by atoms with Gasteiger partial charge in [0.15, 0.2) is 6.61 Å². The van der Waals surface area contributed by atoms with E-state index < -0.39 is 0 Å². The summed E-state index contributed by atoms with van der Waals surface area (Å²) < 4.78 is 5.59. The van der Waals surface area contributed by atoms with Gasteiger partial charge >= 0.3 is 0 Å². The Morgan fingerprint density at radius 3 is 2.42 bits per heavy atom. The summed E-state index contributed by atoms with van der Waals surface area (Å²) in [6.07, 6.45) is 3.53. The number of carbonyl (C=O) groups excluding carboxylic acids is 3. The van der Waals surface area contributed by atoms with Crippen LogP contribution in [0, 0.1) is 6.92 Å². The Bertz CT molecular complexity index is 981. The number of hydrogen-bond acceptors (Lipinski definition) is 4. The number of anilines is 2. The minimum Gasteiger partial charge on any atom is -0.484 e. The molecule has 2 aliphatic rings. The molecule has 0 atom stereocenters. The summed E-state index contributed by atoms with van der Waals surface area (Å²) in [5.41, 5.74) is 2.83. The van der Waals surface area contributed by atoms with Crippen LogP contribution in [0.4, 0.5) is 11.4 Å². The first kappa shape index (κ1) is 20.9. The monoisotopic (exact) mass is 421 g/mol. The summed E-state index contributed by atoms with van der Waals surface area (Å²) >= 11 is 0. The fourth-order valence-corrected chi connectivity index (χ4v) is 4.07. The van der Waals surface area contributed by atoms with Crippen molar-refractivity contribution in [3.8, 4) is 5.75 Å². The summed E-state index contributed by atoms with van der Waals surface area (Å²) in [5, 5.41) is 2.84. The molecule has 31 heavy (non-hydrogen) atoms. The highest BCUT2D eigenvalue weighted by atomic mass is 16.5.